The maximum absolute atomic E-state index is 12.8. The van der Waals surface area contributed by atoms with Crippen LogP contribution in [0.25, 0.3) is 22.8 Å². The molecule has 0 saturated carbocycles. The molecule has 1 N–H and O–H groups in total. The molecule has 0 aliphatic carbocycles. The minimum atomic E-state index is -3.57. The number of furan rings is 1. The fraction of sp³-hybridized carbons (Fsp3) is 0.174. The predicted molar refractivity (Wildman–Crippen MR) is 121 cm³/mol. The molecule has 0 spiro atoms. The minimum absolute atomic E-state index is 0.203. The maximum atomic E-state index is 12.8. The molecule has 0 bridgehead atoms. The number of hydrogen-bond donors (Lipinski definition) is 1. The van der Waals surface area contributed by atoms with Gasteiger partial charge in [0.15, 0.2) is 5.76 Å². The maximum Gasteiger partial charge on any atom is 0.291 e. The van der Waals surface area contributed by atoms with Crippen LogP contribution in [0.3, 0.4) is 0 Å². The highest BCUT2D eigenvalue weighted by molar-refractivity contribution is 7.89. The fourth-order valence-corrected chi connectivity index (χ4v) is 4.87. The Bertz CT molecular complexity index is 1370. The van der Waals surface area contributed by atoms with E-state index in [2.05, 4.69) is 15.5 Å². The lowest BCUT2D eigenvalue weighted by Gasteiger charge is -2.26. The largest absolute Gasteiger partial charge is 0.459 e. The Morgan fingerprint density at radius 3 is 2.32 bits per heavy atom. The molecule has 1 aliphatic heterocycles. The molecule has 5 rings (SSSR count). The number of benzene rings is 2. The molecule has 1 amide bonds. The molecule has 2 aromatic heterocycles. The standard InChI is InChI=1S/C23H20N4O6S/c28-22(20-2-1-13-32-20)24-18-7-3-17(4-8-18)23-25-21(26-33-23)16-5-9-19(10-6-16)34(29,30)27-11-14-31-15-12-27/h1-10,13H,11-12,14-15H2,(H,24,28). The first kappa shape index (κ1) is 22.0. The molecule has 34 heavy (non-hydrogen) atoms. The third kappa shape index (κ3) is 4.49. The van der Waals surface area contributed by atoms with Crippen molar-refractivity contribution in [1.82, 2.24) is 14.4 Å². The summed E-state index contributed by atoms with van der Waals surface area (Å²) in [4.78, 5) is 16.7. The van der Waals surface area contributed by atoms with Gasteiger partial charge in [0, 0.05) is 29.9 Å². The summed E-state index contributed by atoms with van der Waals surface area (Å²) in [7, 11) is -3.57. The van der Waals surface area contributed by atoms with E-state index in [0.29, 0.717) is 54.8 Å². The van der Waals surface area contributed by atoms with Gasteiger partial charge >= 0.3 is 0 Å². The monoisotopic (exact) mass is 480 g/mol. The Labute approximate surface area is 195 Å². The second-order valence-electron chi connectivity index (χ2n) is 7.47. The molecular formula is C23H20N4O6S. The molecule has 174 valence electrons. The van der Waals surface area contributed by atoms with Gasteiger partial charge in [-0.15, -0.1) is 0 Å². The number of anilines is 1. The first-order valence-corrected chi connectivity index (χ1v) is 11.9. The zero-order valence-corrected chi connectivity index (χ0v) is 18.7. The van der Waals surface area contributed by atoms with E-state index >= 15 is 0 Å². The highest BCUT2D eigenvalue weighted by atomic mass is 32.2. The number of nitrogens with one attached hydrogen (secondary N) is 1. The summed E-state index contributed by atoms with van der Waals surface area (Å²) in [5.74, 6) is 0.496. The van der Waals surface area contributed by atoms with Gasteiger partial charge in [-0.25, -0.2) is 8.42 Å². The molecule has 4 aromatic rings. The fourth-order valence-electron chi connectivity index (χ4n) is 3.47. The second-order valence-corrected chi connectivity index (χ2v) is 9.41. The van der Waals surface area contributed by atoms with Crippen molar-refractivity contribution in [1.29, 1.82) is 0 Å². The summed E-state index contributed by atoms with van der Waals surface area (Å²) in [6.07, 6.45) is 1.43. The normalized spacial score (nSPS) is 14.7. The molecule has 3 heterocycles. The van der Waals surface area contributed by atoms with Gasteiger partial charge in [-0.2, -0.15) is 9.29 Å². The van der Waals surface area contributed by atoms with Gasteiger partial charge in [-0.1, -0.05) is 5.16 Å². The number of carbonyl (C=O) groups excluding carboxylic acids is 1. The molecule has 1 saturated heterocycles. The summed E-state index contributed by atoms with van der Waals surface area (Å²) in [6.45, 7) is 1.45. The second kappa shape index (κ2) is 9.21. The molecular weight excluding hydrogens is 460 g/mol. The van der Waals surface area contributed by atoms with Crippen LogP contribution in [0, 0.1) is 0 Å². The van der Waals surface area contributed by atoms with Crippen LogP contribution in [0.15, 0.2) is 80.8 Å². The molecule has 0 unspecified atom stereocenters. The number of ether oxygens (including phenoxy) is 1. The predicted octanol–water partition coefficient (Wildman–Crippen LogP) is 3.27. The Balaban J connectivity index is 1.28. The van der Waals surface area contributed by atoms with E-state index in [1.54, 1.807) is 48.5 Å². The molecule has 11 heteroatoms. The molecule has 2 aromatic carbocycles. The lowest BCUT2D eigenvalue weighted by atomic mass is 10.2. The number of sulfonamides is 1. The van der Waals surface area contributed by atoms with Crippen LogP contribution in [0.2, 0.25) is 0 Å². The molecule has 0 radical (unpaired) electrons. The zero-order valence-electron chi connectivity index (χ0n) is 17.9. The Morgan fingerprint density at radius 1 is 0.941 bits per heavy atom. The van der Waals surface area contributed by atoms with Crippen molar-refractivity contribution >= 4 is 21.6 Å². The van der Waals surface area contributed by atoms with E-state index in [1.807, 2.05) is 0 Å². The summed E-state index contributed by atoms with van der Waals surface area (Å²) in [5, 5.41) is 6.74. The van der Waals surface area contributed by atoms with Crippen molar-refractivity contribution in [3.05, 3.63) is 72.7 Å². The molecule has 10 nitrogen and oxygen atoms in total. The van der Waals surface area contributed by atoms with Gasteiger partial charge in [0.1, 0.15) is 0 Å². The molecule has 1 fully saturated rings. The summed E-state index contributed by atoms with van der Waals surface area (Å²) < 4.78 is 42.6. The van der Waals surface area contributed by atoms with Crippen LogP contribution >= 0.6 is 0 Å². The SMILES string of the molecule is O=C(Nc1ccc(-c2nc(-c3ccc(S(=O)(=O)N4CCOCC4)cc3)no2)cc1)c1ccco1. The summed E-state index contributed by atoms with van der Waals surface area (Å²) in [6, 6.07) is 16.5. The van der Waals surface area contributed by atoms with Gasteiger partial charge in [-0.3, -0.25) is 4.79 Å². The smallest absolute Gasteiger partial charge is 0.291 e. The average Bonchev–Trinajstić information content (AvgIpc) is 3.58. The van der Waals surface area contributed by atoms with Crippen molar-refractivity contribution < 1.29 is 26.9 Å². The van der Waals surface area contributed by atoms with Crippen molar-refractivity contribution in [3.8, 4) is 22.8 Å². The van der Waals surface area contributed by atoms with Crippen LogP contribution in [-0.4, -0.2) is 55.1 Å². The number of carbonyl (C=O) groups is 1. The van der Waals surface area contributed by atoms with Gasteiger partial charge in [0.25, 0.3) is 11.8 Å². The zero-order chi connectivity index (χ0) is 23.5. The van der Waals surface area contributed by atoms with Crippen LogP contribution in [0.4, 0.5) is 5.69 Å². The van der Waals surface area contributed by atoms with E-state index < -0.39 is 10.0 Å². The van der Waals surface area contributed by atoms with Crippen molar-refractivity contribution in [2.45, 2.75) is 4.90 Å². The van der Waals surface area contributed by atoms with Crippen molar-refractivity contribution in [2.24, 2.45) is 0 Å². The first-order chi connectivity index (χ1) is 16.5. The van der Waals surface area contributed by atoms with E-state index in [-0.39, 0.29) is 16.6 Å². The van der Waals surface area contributed by atoms with Crippen LogP contribution in [-0.2, 0) is 14.8 Å². The van der Waals surface area contributed by atoms with Crippen LogP contribution in [0.1, 0.15) is 10.6 Å². The molecule has 1 aliphatic rings. The first-order valence-electron chi connectivity index (χ1n) is 10.5. The Morgan fingerprint density at radius 2 is 1.65 bits per heavy atom. The lowest BCUT2D eigenvalue weighted by molar-refractivity contribution is 0.0730. The van der Waals surface area contributed by atoms with E-state index in [1.165, 1.54) is 22.7 Å². The van der Waals surface area contributed by atoms with Gasteiger partial charge < -0.3 is 19.0 Å². The van der Waals surface area contributed by atoms with E-state index in [9.17, 15) is 13.2 Å². The average molecular weight is 481 g/mol. The minimum Gasteiger partial charge on any atom is -0.459 e. The highest BCUT2D eigenvalue weighted by Crippen LogP contribution is 2.25. The third-order valence-corrected chi connectivity index (χ3v) is 7.19. The van der Waals surface area contributed by atoms with E-state index in [0.717, 1.165) is 0 Å². The summed E-state index contributed by atoms with van der Waals surface area (Å²) in [5.41, 5.74) is 1.88. The Kier molecular flexibility index (Phi) is 5.97. The van der Waals surface area contributed by atoms with E-state index in [4.69, 9.17) is 13.7 Å². The quantitative estimate of drug-likeness (QED) is 0.445. The van der Waals surface area contributed by atoms with Crippen molar-refractivity contribution in [3.63, 3.8) is 0 Å². The molecule has 0 atom stereocenters. The van der Waals surface area contributed by atoms with Crippen LogP contribution < -0.4 is 5.32 Å². The number of hydrogen-bond acceptors (Lipinski definition) is 8. The van der Waals surface area contributed by atoms with Gasteiger partial charge in [-0.05, 0) is 60.7 Å². The summed E-state index contributed by atoms with van der Waals surface area (Å²) >= 11 is 0. The topological polar surface area (TPSA) is 128 Å². The Hall–Kier alpha value is -3.80. The number of aromatic nitrogens is 2. The van der Waals surface area contributed by atoms with Crippen molar-refractivity contribution in [2.75, 3.05) is 31.6 Å². The number of rotatable bonds is 6. The lowest BCUT2D eigenvalue weighted by Crippen LogP contribution is -2.40. The van der Waals surface area contributed by atoms with Gasteiger partial charge in [0.05, 0.1) is 24.4 Å². The number of morpholine rings is 1. The van der Waals surface area contributed by atoms with Gasteiger partial charge in [0.2, 0.25) is 15.8 Å². The number of nitrogens with zero attached hydrogens (tertiary/aromatic N) is 3. The van der Waals surface area contributed by atoms with Crippen LogP contribution in [0.5, 0.6) is 0 Å². The third-order valence-electron chi connectivity index (χ3n) is 5.28. The highest BCUT2D eigenvalue weighted by Gasteiger charge is 2.26. The number of amides is 1.